The van der Waals surface area contributed by atoms with E-state index in [0.29, 0.717) is 17.9 Å². The van der Waals surface area contributed by atoms with Gasteiger partial charge >= 0.3 is 0 Å². The van der Waals surface area contributed by atoms with Crippen LogP contribution in [0.2, 0.25) is 0 Å². The number of hydrogen-bond donors (Lipinski definition) is 1. The third-order valence-corrected chi connectivity index (χ3v) is 5.22. The topological polar surface area (TPSA) is 71.0 Å². The Morgan fingerprint density at radius 3 is 2.79 bits per heavy atom. The number of piperidine rings is 1. The average Bonchev–Trinajstić information content (AvgIpc) is 2.78. The minimum absolute atomic E-state index is 0.0361. The minimum atomic E-state index is -0.0361. The van der Waals surface area contributed by atoms with Crippen molar-refractivity contribution in [2.45, 2.75) is 32.2 Å². The van der Waals surface area contributed by atoms with Crippen LogP contribution in [0, 0.1) is 6.92 Å². The van der Waals surface area contributed by atoms with E-state index < -0.39 is 0 Å². The number of nitrogens with one attached hydrogen (secondary N) is 1. The maximum absolute atomic E-state index is 12.5. The van der Waals surface area contributed by atoms with Gasteiger partial charge in [0, 0.05) is 54.4 Å². The smallest absolute Gasteiger partial charge is 0.251 e. The number of anilines is 1. The summed E-state index contributed by atoms with van der Waals surface area (Å²) in [6, 6.07) is 15.4. The SMILES string of the molecule is Cc1cc(N2CCCCC2CNC(=O)c2ccccc2)nc(-c2cccnc2)n1. The second-order valence-electron chi connectivity index (χ2n) is 7.35. The van der Waals surface area contributed by atoms with Gasteiger partial charge in [0.2, 0.25) is 0 Å². The van der Waals surface area contributed by atoms with Crippen LogP contribution in [0.3, 0.4) is 0 Å². The van der Waals surface area contributed by atoms with Crippen LogP contribution >= 0.6 is 0 Å². The first-order valence-electron chi connectivity index (χ1n) is 10.1. The molecule has 3 heterocycles. The summed E-state index contributed by atoms with van der Waals surface area (Å²) in [5, 5.41) is 3.10. The van der Waals surface area contributed by atoms with Gasteiger partial charge in [-0.1, -0.05) is 18.2 Å². The molecule has 1 aromatic carbocycles. The highest BCUT2D eigenvalue weighted by Crippen LogP contribution is 2.25. The van der Waals surface area contributed by atoms with E-state index in [2.05, 4.69) is 20.2 Å². The fourth-order valence-electron chi connectivity index (χ4n) is 3.74. The van der Waals surface area contributed by atoms with Gasteiger partial charge in [-0.2, -0.15) is 0 Å². The van der Waals surface area contributed by atoms with Crippen LogP contribution in [0.4, 0.5) is 5.82 Å². The lowest BCUT2D eigenvalue weighted by Crippen LogP contribution is -2.47. The van der Waals surface area contributed by atoms with Crippen molar-refractivity contribution in [2.24, 2.45) is 0 Å². The molecular formula is C23H25N5O. The normalized spacial score (nSPS) is 16.4. The van der Waals surface area contributed by atoms with Crippen LogP contribution < -0.4 is 10.2 Å². The minimum Gasteiger partial charge on any atom is -0.352 e. The van der Waals surface area contributed by atoms with E-state index in [1.54, 1.807) is 12.4 Å². The number of hydrogen-bond acceptors (Lipinski definition) is 5. The van der Waals surface area contributed by atoms with Gasteiger partial charge in [-0.05, 0) is 50.5 Å². The highest BCUT2D eigenvalue weighted by molar-refractivity contribution is 5.94. The predicted molar refractivity (Wildman–Crippen MR) is 114 cm³/mol. The third-order valence-electron chi connectivity index (χ3n) is 5.22. The zero-order valence-electron chi connectivity index (χ0n) is 16.6. The van der Waals surface area contributed by atoms with Crippen LogP contribution in [0.1, 0.15) is 35.3 Å². The van der Waals surface area contributed by atoms with Crippen LogP contribution in [0.25, 0.3) is 11.4 Å². The van der Waals surface area contributed by atoms with Crippen LogP contribution in [-0.2, 0) is 0 Å². The largest absolute Gasteiger partial charge is 0.352 e. The molecule has 1 amide bonds. The molecule has 0 radical (unpaired) electrons. The number of nitrogens with zero attached hydrogens (tertiary/aromatic N) is 4. The first-order chi connectivity index (χ1) is 14.2. The number of carbonyl (C=O) groups is 1. The zero-order valence-corrected chi connectivity index (χ0v) is 16.6. The van der Waals surface area contributed by atoms with Gasteiger partial charge < -0.3 is 10.2 Å². The lowest BCUT2D eigenvalue weighted by molar-refractivity contribution is 0.0949. The predicted octanol–water partition coefficient (Wildman–Crippen LogP) is 3.64. The Bertz CT molecular complexity index is 962. The van der Waals surface area contributed by atoms with Crippen molar-refractivity contribution in [1.82, 2.24) is 20.3 Å². The summed E-state index contributed by atoms with van der Waals surface area (Å²) in [5.41, 5.74) is 2.52. The van der Waals surface area contributed by atoms with Gasteiger partial charge in [0.05, 0.1) is 0 Å². The van der Waals surface area contributed by atoms with E-state index in [1.807, 2.05) is 55.5 Å². The molecule has 148 valence electrons. The summed E-state index contributed by atoms with van der Waals surface area (Å²) >= 11 is 0. The number of carbonyl (C=O) groups excluding carboxylic acids is 1. The molecule has 1 saturated heterocycles. The van der Waals surface area contributed by atoms with Gasteiger partial charge in [0.1, 0.15) is 5.82 Å². The molecular weight excluding hydrogens is 362 g/mol. The van der Waals surface area contributed by atoms with Crippen molar-refractivity contribution < 1.29 is 4.79 Å². The number of amides is 1. The molecule has 1 atom stereocenters. The van der Waals surface area contributed by atoms with Crippen molar-refractivity contribution in [3.63, 3.8) is 0 Å². The number of rotatable bonds is 5. The van der Waals surface area contributed by atoms with Gasteiger partial charge in [0.25, 0.3) is 5.91 Å². The Hall–Kier alpha value is -3.28. The monoisotopic (exact) mass is 387 g/mol. The summed E-state index contributed by atoms with van der Waals surface area (Å²) in [6.07, 6.45) is 6.83. The zero-order chi connectivity index (χ0) is 20.1. The maximum atomic E-state index is 12.5. The lowest BCUT2D eigenvalue weighted by Gasteiger charge is -2.37. The molecule has 2 aromatic heterocycles. The van der Waals surface area contributed by atoms with E-state index in [4.69, 9.17) is 4.98 Å². The molecule has 0 spiro atoms. The molecule has 6 nitrogen and oxygen atoms in total. The molecule has 0 bridgehead atoms. The molecule has 0 aliphatic carbocycles. The molecule has 3 aromatic rings. The molecule has 1 aliphatic heterocycles. The highest BCUT2D eigenvalue weighted by atomic mass is 16.1. The Morgan fingerprint density at radius 2 is 2.00 bits per heavy atom. The molecule has 1 unspecified atom stereocenters. The van der Waals surface area contributed by atoms with E-state index in [1.165, 1.54) is 0 Å². The average molecular weight is 387 g/mol. The summed E-state index contributed by atoms with van der Waals surface area (Å²) in [6.45, 7) is 3.51. The Labute approximate surface area is 171 Å². The number of benzene rings is 1. The highest BCUT2D eigenvalue weighted by Gasteiger charge is 2.25. The first kappa shape index (κ1) is 19.1. The van der Waals surface area contributed by atoms with Crippen molar-refractivity contribution >= 4 is 11.7 Å². The fourth-order valence-corrected chi connectivity index (χ4v) is 3.74. The Balaban J connectivity index is 1.53. The number of aryl methyl sites for hydroxylation is 1. The fraction of sp³-hybridized carbons (Fsp3) is 0.304. The number of aromatic nitrogens is 3. The molecule has 29 heavy (non-hydrogen) atoms. The van der Waals surface area contributed by atoms with Crippen molar-refractivity contribution in [3.8, 4) is 11.4 Å². The maximum Gasteiger partial charge on any atom is 0.251 e. The standard InChI is InChI=1S/C23H25N5O/c1-17-14-21(27-22(26-17)19-10-7-12-24-15-19)28-13-6-5-11-20(28)16-25-23(29)18-8-3-2-4-9-18/h2-4,7-10,12,14-15,20H,5-6,11,13,16H2,1H3,(H,25,29). The molecule has 6 heteroatoms. The van der Waals surface area contributed by atoms with E-state index >= 15 is 0 Å². The lowest BCUT2D eigenvalue weighted by atomic mass is 10.0. The van der Waals surface area contributed by atoms with Crippen LogP contribution in [-0.4, -0.2) is 40.0 Å². The molecule has 0 saturated carbocycles. The van der Waals surface area contributed by atoms with Gasteiger partial charge in [-0.3, -0.25) is 9.78 Å². The summed E-state index contributed by atoms with van der Waals surface area (Å²) in [4.78, 5) is 28.4. The van der Waals surface area contributed by atoms with Crippen molar-refractivity contribution in [3.05, 3.63) is 72.2 Å². The van der Waals surface area contributed by atoms with Crippen LogP contribution in [0.15, 0.2) is 60.9 Å². The first-order valence-corrected chi connectivity index (χ1v) is 10.1. The number of pyridine rings is 1. The molecule has 4 rings (SSSR count). The quantitative estimate of drug-likeness (QED) is 0.724. The molecule has 1 fully saturated rings. The summed E-state index contributed by atoms with van der Waals surface area (Å²) in [5.74, 6) is 1.56. The molecule has 1 N–H and O–H groups in total. The van der Waals surface area contributed by atoms with E-state index in [-0.39, 0.29) is 11.9 Å². The second-order valence-corrected chi connectivity index (χ2v) is 7.35. The Morgan fingerprint density at radius 1 is 1.14 bits per heavy atom. The van der Waals surface area contributed by atoms with E-state index in [9.17, 15) is 4.79 Å². The summed E-state index contributed by atoms with van der Waals surface area (Å²) in [7, 11) is 0. The van der Waals surface area contributed by atoms with Gasteiger partial charge in [-0.15, -0.1) is 0 Å². The van der Waals surface area contributed by atoms with Gasteiger partial charge in [0.15, 0.2) is 5.82 Å². The Kier molecular flexibility index (Phi) is 5.79. The summed E-state index contributed by atoms with van der Waals surface area (Å²) < 4.78 is 0. The van der Waals surface area contributed by atoms with Crippen molar-refractivity contribution in [1.29, 1.82) is 0 Å². The molecule has 1 aliphatic rings. The van der Waals surface area contributed by atoms with Crippen LogP contribution in [0.5, 0.6) is 0 Å². The van der Waals surface area contributed by atoms with E-state index in [0.717, 1.165) is 42.9 Å². The van der Waals surface area contributed by atoms with Crippen molar-refractivity contribution in [2.75, 3.05) is 18.0 Å². The van der Waals surface area contributed by atoms with Gasteiger partial charge in [-0.25, -0.2) is 9.97 Å². The second kappa shape index (κ2) is 8.82. The third kappa shape index (κ3) is 4.59.